The first-order chi connectivity index (χ1) is 19.8. The second-order valence-corrected chi connectivity index (χ2v) is 10.9. The Kier molecular flexibility index (Phi) is 7.91. The Morgan fingerprint density at radius 2 is 1.93 bits per heavy atom. The van der Waals surface area contributed by atoms with Crippen molar-refractivity contribution in [1.82, 2.24) is 19.7 Å². The van der Waals surface area contributed by atoms with E-state index in [4.69, 9.17) is 15.8 Å². The molecule has 1 unspecified atom stereocenters. The molecule has 210 valence electrons. The zero-order chi connectivity index (χ0) is 29.0. The maximum absolute atomic E-state index is 13.9. The van der Waals surface area contributed by atoms with Gasteiger partial charge in [-0.15, -0.1) is 0 Å². The molecule has 1 aromatic carbocycles. The third-order valence-corrected chi connectivity index (χ3v) is 7.28. The van der Waals surface area contributed by atoms with Crippen molar-refractivity contribution in [2.75, 3.05) is 6.54 Å². The lowest BCUT2D eigenvalue weighted by Gasteiger charge is -2.34. The monoisotopic (exact) mass is 554 g/mol. The first kappa shape index (κ1) is 27.7. The molecule has 13 heteroatoms. The van der Waals surface area contributed by atoms with Gasteiger partial charge in [-0.25, -0.2) is 4.79 Å². The number of fused-ring (bicyclic) bond motifs is 1. The number of amides is 1. The minimum atomic E-state index is -0.975. The number of rotatable bonds is 9. The summed E-state index contributed by atoms with van der Waals surface area (Å²) in [6.07, 6.45) is 6.53. The molecule has 1 fully saturated rings. The Labute approximate surface area is 236 Å². The van der Waals surface area contributed by atoms with Crippen LogP contribution in [-0.2, 0) is 24.1 Å². The Bertz CT molecular complexity index is 1550. The van der Waals surface area contributed by atoms with Gasteiger partial charge in [-0.3, -0.25) is 9.78 Å². The van der Waals surface area contributed by atoms with Crippen molar-refractivity contribution in [3.05, 3.63) is 92.1 Å². The minimum absolute atomic E-state index is 0.00414. The van der Waals surface area contributed by atoms with E-state index in [-0.39, 0.29) is 31.1 Å². The molecule has 0 bridgehead atoms. The van der Waals surface area contributed by atoms with Crippen LogP contribution < -0.4 is 0 Å². The van der Waals surface area contributed by atoms with Gasteiger partial charge in [0.15, 0.2) is 0 Å². The van der Waals surface area contributed by atoms with Crippen LogP contribution in [0, 0.1) is 0 Å². The molecule has 2 aliphatic carbocycles. The molecule has 0 aliphatic heterocycles. The predicted molar refractivity (Wildman–Crippen MR) is 150 cm³/mol. The smallest absolute Gasteiger partial charge is 0.435 e. The Hall–Kier alpha value is -4.86. The molecular formula is C28H30N10O3. The Morgan fingerprint density at radius 1 is 1.12 bits per heavy atom. The van der Waals surface area contributed by atoms with Gasteiger partial charge in [0.05, 0.1) is 24.5 Å². The van der Waals surface area contributed by atoms with Crippen LogP contribution in [0.25, 0.3) is 32.1 Å². The standard InChI is InChI=1S/C28H30N10O3/c1-28(2,17-33-36-30)41-27(40)37-16-20-14-22(9-11-24(20)34-37)38(21-7-8-21)26(39)18-6-10-23(19(13-18)15-32-35-29)25-5-3-4-12-31-25/h3-6,10,12-13,16,21-22H,7-9,11,14-15,17H2,1-2H3. The number of hydrogen-bond donors (Lipinski definition) is 0. The van der Waals surface area contributed by atoms with E-state index in [1.54, 1.807) is 32.3 Å². The molecule has 2 heterocycles. The summed E-state index contributed by atoms with van der Waals surface area (Å²) in [5.74, 6) is -0.0673. The van der Waals surface area contributed by atoms with Crippen LogP contribution in [0.2, 0.25) is 0 Å². The van der Waals surface area contributed by atoms with Crippen molar-refractivity contribution in [3.63, 3.8) is 0 Å². The van der Waals surface area contributed by atoms with E-state index in [0.29, 0.717) is 18.4 Å². The van der Waals surface area contributed by atoms with Crippen molar-refractivity contribution < 1.29 is 14.3 Å². The van der Waals surface area contributed by atoms with Gasteiger partial charge in [0.1, 0.15) is 5.60 Å². The van der Waals surface area contributed by atoms with Gasteiger partial charge in [0.2, 0.25) is 0 Å². The summed E-state index contributed by atoms with van der Waals surface area (Å²) in [4.78, 5) is 38.7. The minimum Gasteiger partial charge on any atom is -0.442 e. The third kappa shape index (κ3) is 6.32. The number of carbonyl (C=O) groups excluding carboxylic acids is 2. The SMILES string of the molecule is CC(C)(CN=[N+]=[N-])OC(=O)n1cc2c(n1)CCC(N(C(=O)c1ccc(-c3ccccn3)c(CN=[N+]=[N-])c1)C1CC1)C2. The van der Waals surface area contributed by atoms with E-state index < -0.39 is 11.7 Å². The number of nitrogens with zero attached hydrogens (tertiary/aromatic N) is 10. The zero-order valence-corrected chi connectivity index (χ0v) is 22.9. The molecule has 0 saturated heterocycles. The van der Waals surface area contributed by atoms with Crippen LogP contribution in [0.5, 0.6) is 0 Å². The lowest BCUT2D eigenvalue weighted by atomic mass is 9.91. The summed E-state index contributed by atoms with van der Waals surface area (Å²) in [7, 11) is 0. The molecule has 0 N–H and O–H groups in total. The zero-order valence-electron chi connectivity index (χ0n) is 22.9. The molecule has 2 aromatic heterocycles. The average Bonchev–Trinajstić information content (AvgIpc) is 3.71. The van der Waals surface area contributed by atoms with Crippen LogP contribution in [0.4, 0.5) is 4.79 Å². The fourth-order valence-electron chi connectivity index (χ4n) is 5.20. The second-order valence-electron chi connectivity index (χ2n) is 10.9. The van der Waals surface area contributed by atoms with Gasteiger partial charge in [0.25, 0.3) is 5.91 Å². The number of azide groups is 2. The highest BCUT2D eigenvalue weighted by Gasteiger charge is 2.40. The van der Waals surface area contributed by atoms with Gasteiger partial charge in [-0.2, -0.15) is 9.78 Å². The topological polar surface area (TPSA) is 175 Å². The van der Waals surface area contributed by atoms with Crippen molar-refractivity contribution in [1.29, 1.82) is 0 Å². The molecule has 1 atom stereocenters. The molecule has 0 radical (unpaired) electrons. The largest absolute Gasteiger partial charge is 0.442 e. The van der Waals surface area contributed by atoms with Gasteiger partial charge in [-0.1, -0.05) is 22.4 Å². The Morgan fingerprint density at radius 3 is 2.63 bits per heavy atom. The first-order valence-electron chi connectivity index (χ1n) is 13.5. The van der Waals surface area contributed by atoms with E-state index in [2.05, 4.69) is 30.1 Å². The van der Waals surface area contributed by atoms with Crippen molar-refractivity contribution in [2.45, 2.75) is 70.2 Å². The molecule has 3 aromatic rings. The van der Waals surface area contributed by atoms with Crippen LogP contribution in [-0.4, -0.2) is 55.9 Å². The van der Waals surface area contributed by atoms with Crippen molar-refractivity contribution in [3.8, 4) is 11.3 Å². The summed E-state index contributed by atoms with van der Waals surface area (Å²) in [5, 5.41) is 11.7. The van der Waals surface area contributed by atoms with Crippen LogP contribution in [0.15, 0.2) is 59.0 Å². The molecular weight excluding hydrogens is 524 g/mol. The first-order valence-corrected chi connectivity index (χ1v) is 13.5. The van der Waals surface area contributed by atoms with Gasteiger partial charge in [0, 0.05) is 45.4 Å². The number of ether oxygens (including phenoxy) is 1. The molecule has 13 nitrogen and oxygen atoms in total. The number of aromatic nitrogens is 3. The average molecular weight is 555 g/mol. The van der Waals surface area contributed by atoms with Gasteiger partial charge in [-0.05, 0) is 92.4 Å². The van der Waals surface area contributed by atoms with Crippen LogP contribution >= 0.6 is 0 Å². The van der Waals surface area contributed by atoms with E-state index in [1.807, 2.05) is 35.2 Å². The molecule has 0 spiro atoms. The lowest BCUT2D eigenvalue weighted by Crippen LogP contribution is -2.44. The number of hydrogen-bond acceptors (Lipinski definition) is 7. The van der Waals surface area contributed by atoms with Crippen LogP contribution in [0.3, 0.4) is 0 Å². The maximum atomic E-state index is 13.9. The van der Waals surface area contributed by atoms with E-state index >= 15 is 0 Å². The quantitative estimate of drug-likeness (QED) is 0.179. The number of pyridine rings is 1. The molecule has 41 heavy (non-hydrogen) atoms. The van der Waals surface area contributed by atoms with Crippen molar-refractivity contribution in [2.24, 2.45) is 10.2 Å². The third-order valence-electron chi connectivity index (χ3n) is 7.28. The highest BCUT2D eigenvalue weighted by atomic mass is 16.6. The number of benzene rings is 1. The van der Waals surface area contributed by atoms with Crippen LogP contribution in [0.1, 0.15) is 60.3 Å². The molecule has 1 saturated carbocycles. The fourth-order valence-corrected chi connectivity index (χ4v) is 5.20. The second kappa shape index (κ2) is 11.7. The number of aryl methyl sites for hydroxylation is 1. The van der Waals surface area contributed by atoms with E-state index in [1.165, 1.54) is 4.68 Å². The summed E-state index contributed by atoms with van der Waals surface area (Å²) >= 11 is 0. The highest BCUT2D eigenvalue weighted by molar-refractivity contribution is 5.96. The van der Waals surface area contributed by atoms with Gasteiger partial charge >= 0.3 is 6.09 Å². The summed E-state index contributed by atoms with van der Waals surface area (Å²) in [5.41, 5.74) is 21.1. The summed E-state index contributed by atoms with van der Waals surface area (Å²) < 4.78 is 6.69. The van der Waals surface area contributed by atoms with Crippen molar-refractivity contribution >= 4 is 12.0 Å². The fraction of sp³-hybridized carbons (Fsp3) is 0.429. The number of carbonyl (C=O) groups is 2. The lowest BCUT2D eigenvalue weighted by molar-refractivity contribution is 0.0441. The highest BCUT2D eigenvalue weighted by Crippen LogP contribution is 2.35. The predicted octanol–water partition coefficient (Wildman–Crippen LogP) is 5.99. The molecule has 1 amide bonds. The maximum Gasteiger partial charge on any atom is 0.435 e. The summed E-state index contributed by atoms with van der Waals surface area (Å²) in [6.45, 7) is 3.44. The molecule has 2 aliphatic rings. The van der Waals surface area contributed by atoms with E-state index in [9.17, 15) is 9.59 Å². The molecule has 5 rings (SSSR count). The Balaban J connectivity index is 1.36. The van der Waals surface area contributed by atoms with E-state index in [0.717, 1.165) is 47.3 Å². The summed E-state index contributed by atoms with van der Waals surface area (Å²) in [6, 6.07) is 11.2. The van der Waals surface area contributed by atoms with Gasteiger partial charge < -0.3 is 9.64 Å². The normalized spacial score (nSPS) is 16.1.